The summed E-state index contributed by atoms with van der Waals surface area (Å²) in [5.41, 5.74) is 6.06. The Morgan fingerprint density at radius 1 is 1.47 bits per heavy atom. The molecule has 1 atom stereocenters. The third-order valence-electron chi connectivity index (χ3n) is 2.88. The number of benzene rings is 1. The van der Waals surface area contributed by atoms with E-state index < -0.39 is 11.6 Å². The fourth-order valence-electron chi connectivity index (χ4n) is 2.08. The normalized spacial score (nSPS) is 19.6. The summed E-state index contributed by atoms with van der Waals surface area (Å²) in [6.45, 7) is 3.08. The van der Waals surface area contributed by atoms with Crippen molar-refractivity contribution in [3.05, 3.63) is 35.4 Å². The molecule has 5 heteroatoms. The molecule has 1 aliphatic rings. The molecule has 1 aromatic rings. The Morgan fingerprint density at radius 2 is 2.24 bits per heavy atom. The minimum Gasteiger partial charge on any atom is -0.370 e. The number of nitrogens with zero attached hydrogens (tertiary/aromatic N) is 2. The maximum Gasteiger partial charge on any atom is 0.191 e. The van der Waals surface area contributed by atoms with Crippen molar-refractivity contribution in [3.63, 3.8) is 0 Å². The standard InChI is InChI=1S/C12H15F2N3/c1-2-5-17-11(7-16-12(17)15)9-6-8(13)3-4-10(9)14/h3-4,6,11H,2,5,7H2,1H3,(H2,15,16). The van der Waals surface area contributed by atoms with Crippen molar-refractivity contribution in [2.45, 2.75) is 19.4 Å². The molecule has 3 nitrogen and oxygen atoms in total. The van der Waals surface area contributed by atoms with Gasteiger partial charge in [0.2, 0.25) is 0 Å². The van der Waals surface area contributed by atoms with Crippen molar-refractivity contribution in [1.29, 1.82) is 0 Å². The van der Waals surface area contributed by atoms with E-state index in [0.717, 1.165) is 18.6 Å². The summed E-state index contributed by atoms with van der Waals surface area (Å²) < 4.78 is 26.8. The van der Waals surface area contributed by atoms with E-state index in [1.165, 1.54) is 6.07 Å². The van der Waals surface area contributed by atoms with Gasteiger partial charge in [0.05, 0.1) is 12.6 Å². The number of hydrogen-bond acceptors (Lipinski definition) is 3. The zero-order valence-corrected chi connectivity index (χ0v) is 9.66. The lowest BCUT2D eigenvalue weighted by Crippen LogP contribution is -2.36. The molecule has 0 aliphatic carbocycles. The Hall–Kier alpha value is -1.65. The second-order valence-corrected chi connectivity index (χ2v) is 4.07. The highest BCUT2D eigenvalue weighted by molar-refractivity contribution is 5.80. The number of halogens is 2. The van der Waals surface area contributed by atoms with Crippen molar-refractivity contribution < 1.29 is 8.78 Å². The molecular formula is C12H15F2N3. The molecule has 1 aliphatic heterocycles. The molecule has 1 heterocycles. The monoisotopic (exact) mass is 239 g/mol. The Bertz CT molecular complexity index is 445. The van der Waals surface area contributed by atoms with Gasteiger partial charge in [0.25, 0.3) is 0 Å². The first-order valence-corrected chi connectivity index (χ1v) is 5.65. The van der Waals surface area contributed by atoms with Crippen LogP contribution in [0.4, 0.5) is 8.78 Å². The number of hydrogen-bond donors (Lipinski definition) is 1. The van der Waals surface area contributed by atoms with Crippen LogP contribution in [0.1, 0.15) is 24.9 Å². The molecule has 0 spiro atoms. The molecule has 0 amide bonds. The third-order valence-corrected chi connectivity index (χ3v) is 2.88. The van der Waals surface area contributed by atoms with Crippen LogP contribution in [0.5, 0.6) is 0 Å². The summed E-state index contributed by atoms with van der Waals surface area (Å²) in [7, 11) is 0. The van der Waals surface area contributed by atoms with E-state index in [1.54, 1.807) is 0 Å². The quantitative estimate of drug-likeness (QED) is 0.877. The Balaban J connectivity index is 2.30. The smallest absolute Gasteiger partial charge is 0.191 e. The highest BCUT2D eigenvalue weighted by Crippen LogP contribution is 2.28. The fourth-order valence-corrected chi connectivity index (χ4v) is 2.08. The molecular weight excluding hydrogens is 224 g/mol. The number of nitrogens with two attached hydrogens (primary N) is 1. The van der Waals surface area contributed by atoms with Gasteiger partial charge in [0, 0.05) is 12.1 Å². The van der Waals surface area contributed by atoms with E-state index in [-0.39, 0.29) is 6.04 Å². The van der Waals surface area contributed by atoms with Crippen LogP contribution in [0.2, 0.25) is 0 Å². The van der Waals surface area contributed by atoms with E-state index in [9.17, 15) is 8.78 Å². The molecule has 17 heavy (non-hydrogen) atoms. The average Bonchev–Trinajstić information content (AvgIpc) is 2.65. The lowest BCUT2D eigenvalue weighted by atomic mass is 10.1. The molecule has 0 saturated heterocycles. The lowest BCUT2D eigenvalue weighted by molar-refractivity contribution is 0.337. The second-order valence-electron chi connectivity index (χ2n) is 4.07. The predicted molar refractivity (Wildman–Crippen MR) is 62.6 cm³/mol. The van der Waals surface area contributed by atoms with E-state index in [0.29, 0.717) is 24.6 Å². The van der Waals surface area contributed by atoms with Crippen LogP contribution in [0.15, 0.2) is 23.2 Å². The van der Waals surface area contributed by atoms with E-state index >= 15 is 0 Å². The SMILES string of the molecule is CCCN1C(N)=NCC1c1cc(F)ccc1F. The van der Waals surface area contributed by atoms with Gasteiger partial charge in [-0.05, 0) is 24.6 Å². The molecule has 0 bridgehead atoms. The maximum atomic E-state index is 13.7. The minimum absolute atomic E-state index is 0.286. The Morgan fingerprint density at radius 3 is 2.94 bits per heavy atom. The van der Waals surface area contributed by atoms with Gasteiger partial charge in [0.1, 0.15) is 11.6 Å². The van der Waals surface area contributed by atoms with Crippen molar-refractivity contribution in [2.24, 2.45) is 10.7 Å². The molecule has 92 valence electrons. The topological polar surface area (TPSA) is 41.6 Å². The minimum atomic E-state index is -0.441. The third kappa shape index (κ3) is 2.23. The second kappa shape index (κ2) is 4.69. The van der Waals surface area contributed by atoms with Crippen LogP contribution in [-0.4, -0.2) is 23.9 Å². The summed E-state index contributed by atoms with van der Waals surface area (Å²) in [4.78, 5) is 5.91. The molecule has 1 aromatic carbocycles. The molecule has 2 rings (SSSR count). The molecule has 2 N–H and O–H groups in total. The van der Waals surface area contributed by atoms with Crippen LogP contribution in [0.25, 0.3) is 0 Å². The zero-order valence-electron chi connectivity index (χ0n) is 9.66. The highest BCUT2D eigenvalue weighted by atomic mass is 19.1. The summed E-state index contributed by atoms with van der Waals surface area (Å²) in [5, 5.41) is 0. The van der Waals surface area contributed by atoms with Crippen LogP contribution in [0.3, 0.4) is 0 Å². The fraction of sp³-hybridized carbons (Fsp3) is 0.417. The van der Waals surface area contributed by atoms with Gasteiger partial charge in [-0.1, -0.05) is 6.92 Å². The number of aliphatic imine (C=N–C) groups is 1. The Labute approximate surface area is 98.9 Å². The number of guanidine groups is 1. The molecule has 0 aromatic heterocycles. The van der Waals surface area contributed by atoms with Gasteiger partial charge in [-0.25, -0.2) is 8.78 Å². The average molecular weight is 239 g/mol. The highest BCUT2D eigenvalue weighted by Gasteiger charge is 2.28. The van der Waals surface area contributed by atoms with Crippen LogP contribution < -0.4 is 5.73 Å². The summed E-state index contributed by atoms with van der Waals surface area (Å²) in [5.74, 6) is -0.453. The van der Waals surface area contributed by atoms with Crippen LogP contribution >= 0.6 is 0 Å². The zero-order chi connectivity index (χ0) is 12.4. The maximum absolute atomic E-state index is 13.7. The van der Waals surface area contributed by atoms with Crippen LogP contribution in [0, 0.1) is 11.6 Å². The van der Waals surface area contributed by atoms with Gasteiger partial charge < -0.3 is 10.6 Å². The largest absolute Gasteiger partial charge is 0.370 e. The molecule has 0 radical (unpaired) electrons. The van der Waals surface area contributed by atoms with Crippen LogP contribution in [-0.2, 0) is 0 Å². The first-order valence-electron chi connectivity index (χ1n) is 5.65. The Kier molecular flexibility index (Phi) is 3.26. The van der Waals surface area contributed by atoms with Gasteiger partial charge >= 0.3 is 0 Å². The van der Waals surface area contributed by atoms with Crippen molar-refractivity contribution in [2.75, 3.05) is 13.1 Å². The summed E-state index contributed by atoms with van der Waals surface area (Å²) >= 11 is 0. The van der Waals surface area contributed by atoms with Gasteiger partial charge in [-0.2, -0.15) is 0 Å². The first kappa shape index (κ1) is 11.8. The van der Waals surface area contributed by atoms with Gasteiger partial charge in [-0.3, -0.25) is 4.99 Å². The van der Waals surface area contributed by atoms with Gasteiger partial charge in [0.15, 0.2) is 5.96 Å². The van der Waals surface area contributed by atoms with E-state index in [1.807, 2.05) is 11.8 Å². The summed E-state index contributed by atoms with van der Waals surface area (Å²) in [6, 6.07) is 3.19. The number of rotatable bonds is 3. The first-order chi connectivity index (χ1) is 8.13. The molecule has 0 saturated carbocycles. The van der Waals surface area contributed by atoms with Crippen molar-refractivity contribution >= 4 is 5.96 Å². The van der Waals surface area contributed by atoms with Crippen molar-refractivity contribution in [1.82, 2.24) is 4.90 Å². The lowest BCUT2D eigenvalue weighted by Gasteiger charge is -2.26. The van der Waals surface area contributed by atoms with E-state index in [4.69, 9.17) is 5.73 Å². The van der Waals surface area contributed by atoms with E-state index in [2.05, 4.69) is 4.99 Å². The van der Waals surface area contributed by atoms with Gasteiger partial charge in [-0.15, -0.1) is 0 Å². The van der Waals surface area contributed by atoms with Crippen molar-refractivity contribution in [3.8, 4) is 0 Å². The molecule has 1 unspecified atom stereocenters. The summed E-state index contributed by atoms with van der Waals surface area (Å²) in [6.07, 6.45) is 0.879. The predicted octanol–water partition coefficient (Wildman–Crippen LogP) is 2.05. The molecule has 0 fully saturated rings.